The molecule has 4 heteroatoms. The molecule has 18 heavy (non-hydrogen) atoms. The molecular formula is C14H24N2O2. The molecule has 2 rings (SSSR count). The van der Waals surface area contributed by atoms with Crippen molar-refractivity contribution < 1.29 is 9.84 Å². The maximum Gasteiger partial charge on any atom is 0.0624 e. The summed E-state index contributed by atoms with van der Waals surface area (Å²) in [5, 5.41) is 14.7. The third-order valence-corrected chi connectivity index (χ3v) is 3.58. The number of rotatable bonds is 6. The van der Waals surface area contributed by atoms with Gasteiger partial charge >= 0.3 is 0 Å². The summed E-state index contributed by atoms with van der Waals surface area (Å²) in [4.78, 5) is 0. The Kier molecular flexibility index (Phi) is 4.78. The summed E-state index contributed by atoms with van der Waals surface area (Å²) in [7, 11) is 0. The second-order valence-electron chi connectivity index (χ2n) is 5.03. The molecule has 1 N–H and O–H groups in total. The van der Waals surface area contributed by atoms with Gasteiger partial charge in [-0.1, -0.05) is 6.92 Å². The molecule has 0 amide bonds. The van der Waals surface area contributed by atoms with Gasteiger partial charge in [-0.25, -0.2) is 0 Å². The smallest absolute Gasteiger partial charge is 0.0624 e. The van der Waals surface area contributed by atoms with Crippen LogP contribution in [0.2, 0.25) is 0 Å². The molecule has 0 saturated carbocycles. The van der Waals surface area contributed by atoms with E-state index in [1.54, 1.807) is 0 Å². The topological polar surface area (TPSA) is 47.3 Å². The van der Waals surface area contributed by atoms with Crippen molar-refractivity contribution in [3.8, 4) is 0 Å². The molecule has 102 valence electrons. The number of aromatic nitrogens is 2. The van der Waals surface area contributed by atoms with Crippen molar-refractivity contribution in [2.24, 2.45) is 0 Å². The van der Waals surface area contributed by atoms with Crippen LogP contribution in [0, 0.1) is 0 Å². The molecule has 1 aliphatic heterocycles. The molecule has 1 aromatic heterocycles. The van der Waals surface area contributed by atoms with Crippen LogP contribution in [0.3, 0.4) is 0 Å². The predicted molar refractivity (Wildman–Crippen MR) is 70.6 cm³/mol. The first kappa shape index (κ1) is 13.6. The highest BCUT2D eigenvalue weighted by atomic mass is 16.5. The lowest BCUT2D eigenvalue weighted by Gasteiger charge is -2.15. The second kappa shape index (κ2) is 6.34. The van der Waals surface area contributed by atoms with Crippen molar-refractivity contribution in [2.45, 2.75) is 64.7 Å². The third kappa shape index (κ3) is 3.33. The number of hydrogen-bond donors (Lipinski definition) is 1. The van der Waals surface area contributed by atoms with E-state index in [1.165, 1.54) is 0 Å². The maximum atomic E-state index is 10.1. The van der Waals surface area contributed by atoms with Crippen molar-refractivity contribution in [1.29, 1.82) is 0 Å². The molecule has 1 aliphatic rings. The van der Waals surface area contributed by atoms with E-state index in [0.29, 0.717) is 6.42 Å². The van der Waals surface area contributed by atoms with Gasteiger partial charge in [0.15, 0.2) is 0 Å². The molecule has 1 saturated heterocycles. The summed E-state index contributed by atoms with van der Waals surface area (Å²) in [6.07, 6.45) is 4.52. The summed E-state index contributed by atoms with van der Waals surface area (Å²) >= 11 is 0. The highest BCUT2D eigenvalue weighted by Gasteiger charge is 2.20. The molecule has 1 fully saturated rings. The monoisotopic (exact) mass is 252 g/mol. The van der Waals surface area contributed by atoms with Gasteiger partial charge in [-0.2, -0.15) is 5.10 Å². The van der Waals surface area contributed by atoms with Gasteiger partial charge in [-0.3, -0.25) is 4.68 Å². The summed E-state index contributed by atoms with van der Waals surface area (Å²) < 4.78 is 7.56. The van der Waals surface area contributed by atoms with Crippen molar-refractivity contribution in [1.82, 2.24) is 9.78 Å². The van der Waals surface area contributed by atoms with E-state index >= 15 is 0 Å². The van der Waals surface area contributed by atoms with Crippen LogP contribution in [0.4, 0.5) is 0 Å². The third-order valence-electron chi connectivity index (χ3n) is 3.58. The van der Waals surface area contributed by atoms with Gasteiger partial charge in [0.1, 0.15) is 0 Å². The molecule has 4 nitrogen and oxygen atoms in total. The van der Waals surface area contributed by atoms with Crippen molar-refractivity contribution in [2.75, 3.05) is 6.61 Å². The SMILES string of the molecule is CCc1cc(CC(O)CC2CCCO2)n(CC)n1. The number of aryl methyl sites for hydroxylation is 2. The Morgan fingerprint density at radius 1 is 1.56 bits per heavy atom. The molecule has 2 atom stereocenters. The highest BCUT2D eigenvalue weighted by Crippen LogP contribution is 2.19. The zero-order valence-electron chi connectivity index (χ0n) is 11.4. The van der Waals surface area contributed by atoms with Crippen molar-refractivity contribution in [3.63, 3.8) is 0 Å². The molecule has 0 bridgehead atoms. The molecule has 2 unspecified atom stereocenters. The second-order valence-corrected chi connectivity index (χ2v) is 5.03. The van der Waals surface area contributed by atoms with Gasteiger partial charge in [-0.15, -0.1) is 0 Å². The Hall–Kier alpha value is -0.870. The fourth-order valence-corrected chi connectivity index (χ4v) is 2.58. The normalized spacial score (nSPS) is 21.4. The standard InChI is InChI=1S/C14H24N2O2/c1-3-11-8-12(16(4-2)15-11)9-13(17)10-14-6-5-7-18-14/h8,13-14,17H,3-7,9-10H2,1-2H3. The Bertz CT molecular complexity index is 370. The predicted octanol–water partition coefficient (Wildman–Crippen LogP) is 1.94. The van der Waals surface area contributed by atoms with Crippen LogP contribution in [0.25, 0.3) is 0 Å². The molecule has 2 heterocycles. The Morgan fingerprint density at radius 3 is 3.00 bits per heavy atom. The first-order chi connectivity index (χ1) is 8.72. The van der Waals surface area contributed by atoms with Crippen molar-refractivity contribution in [3.05, 3.63) is 17.5 Å². The summed E-state index contributed by atoms with van der Waals surface area (Å²) in [5.41, 5.74) is 2.25. The van der Waals surface area contributed by atoms with Gasteiger partial charge in [0.05, 0.1) is 17.9 Å². The fraction of sp³-hybridized carbons (Fsp3) is 0.786. The minimum atomic E-state index is -0.320. The average molecular weight is 252 g/mol. The molecule has 0 aliphatic carbocycles. The van der Waals surface area contributed by atoms with Crippen LogP contribution in [0.1, 0.15) is 44.5 Å². The fourth-order valence-electron chi connectivity index (χ4n) is 2.58. The van der Waals surface area contributed by atoms with Crippen LogP contribution in [-0.2, 0) is 24.1 Å². The van der Waals surface area contributed by atoms with Gasteiger partial charge in [-0.05, 0) is 38.7 Å². The van der Waals surface area contributed by atoms with Gasteiger partial charge in [0.2, 0.25) is 0 Å². The summed E-state index contributed by atoms with van der Waals surface area (Å²) in [6.45, 7) is 5.91. The first-order valence-corrected chi connectivity index (χ1v) is 7.08. The minimum Gasteiger partial charge on any atom is -0.393 e. The van der Waals surface area contributed by atoms with Crippen LogP contribution < -0.4 is 0 Å². The molecular weight excluding hydrogens is 228 g/mol. The molecule has 1 aromatic rings. The van der Waals surface area contributed by atoms with E-state index in [0.717, 1.165) is 50.2 Å². The van der Waals surface area contributed by atoms with E-state index in [9.17, 15) is 5.11 Å². The minimum absolute atomic E-state index is 0.253. The van der Waals surface area contributed by atoms with Crippen LogP contribution >= 0.6 is 0 Å². The van der Waals surface area contributed by atoms with Crippen LogP contribution in [-0.4, -0.2) is 33.7 Å². The van der Waals surface area contributed by atoms with E-state index in [-0.39, 0.29) is 12.2 Å². The number of aliphatic hydroxyl groups is 1. The summed E-state index contributed by atoms with van der Waals surface area (Å²) in [6, 6.07) is 2.11. The Labute approximate surface area is 109 Å². The van der Waals surface area contributed by atoms with E-state index in [4.69, 9.17) is 4.74 Å². The van der Waals surface area contributed by atoms with E-state index < -0.39 is 0 Å². The number of aliphatic hydroxyl groups excluding tert-OH is 1. The largest absolute Gasteiger partial charge is 0.393 e. The molecule has 0 aromatic carbocycles. The lowest BCUT2D eigenvalue weighted by Crippen LogP contribution is -2.20. The Balaban J connectivity index is 1.92. The Morgan fingerprint density at radius 2 is 2.39 bits per heavy atom. The zero-order chi connectivity index (χ0) is 13.0. The molecule has 0 radical (unpaired) electrons. The summed E-state index contributed by atoms with van der Waals surface area (Å²) in [5.74, 6) is 0. The van der Waals surface area contributed by atoms with Crippen LogP contribution in [0.5, 0.6) is 0 Å². The number of ether oxygens (including phenoxy) is 1. The number of nitrogens with zero attached hydrogens (tertiary/aromatic N) is 2. The van der Waals surface area contributed by atoms with Gasteiger partial charge < -0.3 is 9.84 Å². The van der Waals surface area contributed by atoms with Crippen molar-refractivity contribution >= 4 is 0 Å². The lowest BCUT2D eigenvalue weighted by atomic mass is 10.0. The van der Waals surface area contributed by atoms with E-state index in [1.807, 2.05) is 4.68 Å². The average Bonchev–Trinajstić information content (AvgIpc) is 2.98. The quantitative estimate of drug-likeness (QED) is 0.841. The van der Waals surface area contributed by atoms with Crippen LogP contribution in [0.15, 0.2) is 6.07 Å². The maximum absolute atomic E-state index is 10.1. The highest BCUT2D eigenvalue weighted by molar-refractivity contribution is 5.11. The van der Waals surface area contributed by atoms with Gasteiger partial charge in [0, 0.05) is 25.3 Å². The first-order valence-electron chi connectivity index (χ1n) is 7.08. The molecule has 0 spiro atoms. The zero-order valence-corrected chi connectivity index (χ0v) is 11.4. The van der Waals surface area contributed by atoms with Gasteiger partial charge in [0.25, 0.3) is 0 Å². The lowest BCUT2D eigenvalue weighted by molar-refractivity contribution is 0.0533. The number of hydrogen-bond acceptors (Lipinski definition) is 3. The van der Waals surface area contributed by atoms with E-state index in [2.05, 4.69) is 25.0 Å².